The van der Waals surface area contributed by atoms with Crippen LogP contribution in [-0.2, 0) is 25.5 Å². The van der Waals surface area contributed by atoms with E-state index in [2.05, 4.69) is 0 Å². The van der Waals surface area contributed by atoms with Crippen LogP contribution in [-0.4, -0.2) is 61.1 Å². The molecule has 2 aromatic carbocycles. The highest BCUT2D eigenvalue weighted by Crippen LogP contribution is 2.40. The summed E-state index contributed by atoms with van der Waals surface area (Å²) in [5.74, 6) is -1.48. The van der Waals surface area contributed by atoms with Gasteiger partial charge in [0, 0.05) is 25.6 Å². The van der Waals surface area contributed by atoms with Gasteiger partial charge in [0.1, 0.15) is 17.6 Å². The number of Topliss-reactive ketones (excluding diaryl/α,β-unsaturated/α-hetero) is 1. The van der Waals surface area contributed by atoms with Crippen LogP contribution in [0.5, 0.6) is 5.75 Å². The Kier molecular flexibility index (Phi) is 6.20. The van der Waals surface area contributed by atoms with Crippen molar-refractivity contribution in [2.24, 2.45) is 0 Å². The lowest BCUT2D eigenvalue weighted by Crippen LogP contribution is -2.32. The first-order chi connectivity index (χ1) is 15.8. The lowest BCUT2D eigenvalue weighted by Gasteiger charge is -2.25. The molecule has 4 rings (SSSR count). The van der Waals surface area contributed by atoms with Crippen molar-refractivity contribution in [3.8, 4) is 5.75 Å². The van der Waals surface area contributed by atoms with E-state index in [1.165, 1.54) is 19.1 Å². The van der Waals surface area contributed by atoms with Crippen LogP contribution in [0.2, 0.25) is 0 Å². The van der Waals surface area contributed by atoms with Gasteiger partial charge in [-0.25, -0.2) is 4.79 Å². The molecule has 1 N–H and O–H groups in total. The Hall–Kier alpha value is -3.65. The summed E-state index contributed by atoms with van der Waals surface area (Å²) in [5, 5.41) is 11.2. The Balaban J connectivity index is 1.80. The standard InChI is InChI=1S/C25H25NO7/c1-14-12-18-13-17(8-9-19(18)33-14)22(27)20-21(26(10-11-31-2)24(29)23(20)28)15-4-6-16(7-5-15)25(30)32-3/h4-9,13-14,21,27H,10-12H2,1-3H3/b22-20-. The number of rotatable bonds is 6. The van der Waals surface area contributed by atoms with Crippen molar-refractivity contribution < 1.29 is 33.7 Å². The van der Waals surface area contributed by atoms with E-state index in [0.29, 0.717) is 23.1 Å². The number of hydrogen-bond donors (Lipinski definition) is 1. The fourth-order valence-electron chi connectivity index (χ4n) is 4.29. The van der Waals surface area contributed by atoms with Gasteiger partial charge in [-0.05, 0) is 48.4 Å². The van der Waals surface area contributed by atoms with E-state index in [9.17, 15) is 19.5 Å². The van der Waals surface area contributed by atoms with Gasteiger partial charge < -0.3 is 24.2 Å². The summed E-state index contributed by atoms with van der Waals surface area (Å²) in [5.41, 5.74) is 2.28. The average molecular weight is 451 g/mol. The predicted molar refractivity (Wildman–Crippen MR) is 119 cm³/mol. The molecular weight excluding hydrogens is 426 g/mol. The molecule has 33 heavy (non-hydrogen) atoms. The second-order valence-corrected chi connectivity index (χ2v) is 8.05. The molecule has 0 spiro atoms. The molecule has 0 radical (unpaired) electrons. The summed E-state index contributed by atoms with van der Waals surface area (Å²) >= 11 is 0. The minimum atomic E-state index is -0.824. The molecule has 1 fully saturated rings. The van der Waals surface area contributed by atoms with Gasteiger partial charge in [-0.1, -0.05) is 12.1 Å². The number of hydrogen-bond acceptors (Lipinski definition) is 7. The summed E-state index contributed by atoms with van der Waals surface area (Å²) < 4.78 is 15.6. The number of benzene rings is 2. The molecule has 0 aromatic heterocycles. The first-order valence-corrected chi connectivity index (χ1v) is 10.6. The number of esters is 1. The van der Waals surface area contributed by atoms with Crippen LogP contribution >= 0.6 is 0 Å². The lowest BCUT2D eigenvalue weighted by molar-refractivity contribution is -0.140. The van der Waals surface area contributed by atoms with Crippen molar-refractivity contribution in [3.63, 3.8) is 0 Å². The number of methoxy groups -OCH3 is 2. The molecule has 8 nitrogen and oxygen atoms in total. The largest absolute Gasteiger partial charge is 0.507 e. The Morgan fingerprint density at radius 2 is 1.82 bits per heavy atom. The second kappa shape index (κ2) is 9.07. The number of carbonyl (C=O) groups excluding carboxylic acids is 3. The monoisotopic (exact) mass is 451 g/mol. The van der Waals surface area contributed by atoms with Gasteiger partial charge in [-0.2, -0.15) is 0 Å². The molecule has 2 heterocycles. The van der Waals surface area contributed by atoms with Crippen LogP contribution in [0.3, 0.4) is 0 Å². The zero-order valence-corrected chi connectivity index (χ0v) is 18.7. The topological polar surface area (TPSA) is 102 Å². The third-order valence-corrected chi connectivity index (χ3v) is 5.89. The molecule has 2 unspecified atom stereocenters. The first-order valence-electron chi connectivity index (χ1n) is 10.6. The summed E-state index contributed by atoms with van der Waals surface area (Å²) in [6.45, 7) is 2.34. The van der Waals surface area contributed by atoms with Crippen molar-refractivity contribution in [1.29, 1.82) is 0 Å². The maximum Gasteiger partial charge on any atom is 0.337 e. The third-order valence-electron chi connectivity index (χ3n) is 5.89. The van der Waals surface area contributed by atoms with E-state index in [1.54, 1.807) is 42.5 Å². The number of likely N-dealkylation sites (tertiary alicyclic amines) is 1. The van der Waals surface area contributed by atoms with Crippen LogP contribution in [0.25, 0.3) is 5.76 Å². The summed E-state index contributed by atoms with van der Waals surface area (Å²) in [6, 6.07) is 10.8. The van der Waals surface area contributed by atoms with Crippen LogP contribution in [0.4, 0.5) is 0 Å². The van der Waals surface area contributed by atoms with Crippen LogP contribution in [0.15, 0.2) is 48.0 Å². The molecule has 8 heteroatoms. The molecule has 2 aliphatic rings. The van der Waals surface area contributed by atoms with Gasteiger partial charge in [0.25, 0.3) is 11.7 Å². The number of fused-ring (bicyclic) bond motifs is 1. The minimum absolute atomic E-state index is 0.00571. The van der Waals surface area contributed by atoms with E-state index < -0.39 is 23.7 Å². The fourth-order valence-corrected chi connectivity index (χ4v) is 4.29. The van der Waals surface area contributed by atoms with Gasteiger partial charge in [-0.3, -0.25) is 9.59 Å². The maximum absolute atomic E-state index is 13.0. The molecule has 2 atom stereocenters. The smallest absolute Gasteiger partial charge is 0.337 e. The van der Waals surface area contributed by atoms with Crippen molar-refractivity contribution in [2.75, 3.05) is 27.4 Å². The van der Waals surface area contributed by atoms with E-state index in [-0.39, 0.29) is 30.6 Å². The van der Waals surface area contributed by atoms with Gasteiger partial charge in [0.2, 0.25) is 0 Å². The van der Waals surface area contributed by atoms with E-state index in [4.69, 9.17) is 14.2 Å². The normalized spacial score (nSPS) is 21.1. The quantitative estimate of drug-likeness (QED) is 0.312. The molecule has 0 aliphatic carbocycles. The summed E-state index contributed by atoms with van der Waals surface area (Å²) in [6.07, 6.45) is 0.724. The van der Waals surface area contributed by atoms with Crippen LogP contribution in [0, 0.1) is 0 Å². The van der Waals surface area contributed by atoms with E-state index in [0.717, 1.165) is 11.3 Å². The average Bonchev–Trinajstić information content (AvgIpc) is 3.32. The Morgan fingerprint density at radius 3 is 2.48 bits per heavy atom. The molecule has 0 saturated carbocycles. The van der Waals surface area contributed by atoms with Crippen LogP contribution < -0.4 is 4.74 Å². The number of aliphatic hydroxyl groups excluding tert-OH is 1. The molecule has 2 aliphatic heterocycles. The number of ether oxygens (including phenoxy) is 3. The van der Waals surface area contributed by atoms with Gasteiger partial charge >= 0.3 is 5.97 Å². The highest BCUT2D eigenvalue weighted by atomic mass is 16.5. The Labute approximate surface area is 191 Å². The molecule has 1 amide bonds. The fraction of sp³-hybridized carbons (Fsp3) is 0.320. The molecular formula is C25H25NO7. The number of aliphatic hydroxyl groups is 1. The highest BCUT2D eigenvalue weighted by Gasteiger charge is 2.46. The van der Waals surface area contributed by atoms with E-state index in [1.807, 2.05) is 6.92 Å². The number of ketones is 1. The van der Waals surface area contributed by atoms with Crippen molar-refractivity contribution in [1.82, 2.24) is 4.90 Å². The number of nitrogens with zero attached hydrogens (tertiary/aromatic N) is 1. The Morgan fingerprint density at radius 1 is 1.12 bits per heavy atom. The van der Waals surface area contributed by atoms with Crippen molar-refractivity contribution in [3.05, 3.63) is 70.3 Å². The van der Waals surface area contributed by atoms with Crippen molar-refractivity contribution in [2.45, 2.75) is 25.5 Å². The zero-order valence-electron chi connectivity index (χ0n) is 18.7. The van der Waals surface area contributed by atoms with Crippen molar-refractivity contribution >= 4 is 23.4 Å². The molecule has 1 saturated heterocycles. The summed E-state index contributed by atoms with van der Waals surface area (Å²) in [7, 11) is 2.79. The Bertz CT molecular complexity index is 1140. The minimum Gasteiger partial charge on any atom is -0.507 e. The molecule has 2 aromatic rings. The highest BCUT2D eigenvalue weighted by molar-refractivity contribution is 6.46. The van der Waals surface area contributed by atoms with E-state index >= 15 is 0 Å². The van der Waals surface area contributed by atoms with Crippen LogP contribution in [0.1, 0.15) is 40.0 Å². The van der Waals surface area contributed by atoms with Gasteiger partial charge in [0.15, 0.2) is 0 Å². The predicted octanol–water partition coefficient (Wildman–Crippen LogP) is 2.86. The molecule has 172 valence electrons. The lowest BCUT2D eigenvalue weighted by atomic mass is 9.94. The first kappa shape index (κ1) is 22.5. The summed E-state index contributed by atoms with van der Waals surface area (Å²) in [4.78, 5) is 39.1. The number of amides is 1. The van der Waals surface area contributed by atoms with Gasteiger partial charge in [0.05, 0.1) is 30.9 Å². The zero-order chi connectivity index (χ0) is 23.7. The number of carbonyl (C=O) groups is 3. The SMILES string of the molecule is COCCN1C(=O)C(=O)/C(=C(\O)c2ccc3c(c2)CC(C)O3)C1c1ccc(C(=O)OC)cc1. The maximum atomic E-state index is 13.0. The molecule has 0 bridgehead atoms. The van der Waals surface area contributed by atoms with Gasteiger partial charge in [-0.15, -0.1) is 0 Å². The third kappa shape index (κ3) is 4.09. The second-order valence-electron chi connectivity index (χ2n) is 8.05.